The van der Waals surface area contributed by atoms with Crippen molar-refractivity contribution >= 4 is 17.7 Å². The average Bonchev–Trinajstić information content (AvgIpc) is 3.28. The fourth-order valence-electron chi connectivity index (χ4n) is 4.27. The van der Waals surface area contributed by atoms with E-state index in [4.69, 9.17) is 4.74 Å². The standard InChI is InChI=1S/C26H33N5O3S/c1-18-5-9-22(10-6-18)31-25(21-7-11-23(34-4)12-8-21)27-28-26(31)35-17-24(33)30-14-13-29(16-20(3)32)19(2)15-30/h5-12,19-20,32H,13-17H2,1-4H3. The molecular formula is C26H33N5O3S. The van der Waals surface area contributed by atoms with Gasteiger partial charge in [0.15, 0.2) is 11.0 Å². The Bertz CT molecular complexity index is 1130. The first-order valence-electron chi connectivity index (χ1n) is 11.8. The number of β-amino-alcohol motifs (C(OH)–C–C–N with tert-alkyl or cyclic N) is 1. The number of nitrogens with zero attached hydrogens (tertiary/aromatic N) is 5. The number of methoxy groups -OCH3 is 1. The normalized spacial score (nSPS) is 17.4. The molecule has 1 N–H and O–H groups in total. The molecule has 1 saturated heterocycles. The molecule has 0 spiro atoms. The second-order valence-corrected chi connectivity index (χ2v) is 9.97. The fourth-order valence-corrected chi connectivity index (χ4v) is 5.12. The van der Waals surface area contributed by atoms with Gasteiger partial charge < -0.3 is 14.7 Å². The Kier molecular flexibility index (Phi) is 8.10. The summed E-state index contributed by atoms with van der Waals surface area (Å²) < 4.78 is 7.29. The summed E-state index contributed by atoms with van der Waals surface area (Å²) >= 11 is 1.40. The van der Waals surface area contributed by atoms with Gasteiger partial charge in [0.2, 0.25) is 5.91 Å². The second kappa shape index (κ2) is 11.2. The summed E-state index contributed by atoms with van der Waals surface area (Å²) in [6.45, 7) is 8.67. The highest BCUT2D eigenvalue weighted by atomic mass is 32.2. The van der Waals surface area contributed by atoms with E-state index in [1.54, 1.807) is 14.0 Å². The van der Waals surface area contributed by atoms with Crippen LogP contribution >= 0.6 is 11.8 Å². The van der Waals surface area contributed by atoms with E-state index in [0.29, 0.717) is 30.6 Å². The van der Waals surface area contributed by atoms with Crippen molar-refractivity contribution in [1.29, 1.82) is 0 Å². The van der Waals surface area contributed by atoms with Crippen molar-refractivity contribution in [2.24, 2.45) is 0 Å². The highest BCUT2D eigenvalue weighted by Gasteiger charge is 2.27. The van der Waals surface area contributed by atoms with Gasteiger partial charge in [-0.25, -0.2) is 0 Å². The van der Waals surface area contributed by atoms with E-state index in [-0.39, 0.29) is 23.8 Å². The Morgan fingerprint density at radius 1 is 1.14 bits per heavy atom. The molecule has 1 amide bonds. The van der Waals surface area contributed by atoms with E-state index in [2.05, 4.69) is 41.1 Å². The van der Waals surface area contributed by atoms with Crippen LogP contribution in [0.4, 0.5) is 0 Å². The molecule has 0 bridgehead atoms. The number of hydrogen-bond donors (Lipinski definition) is 1. The summed E-state index contributed by atoms with van der Waals surface area (Å²) in [7, 11) is 1.64. The average molecular weight is 496 g/mol. The molecule has 186 valence electrons. The zero-order valence-corrected chi connectivity index (χ0v) is 21.5. The number of aromatic nitrogens is 3. The quantitative estimate of drug-likeness (QED) is 0.480. The summed E-state index contributed by atoms with van der Waals surface area (Å²) in [6.07, 6.45) is -0.372. The molecule has 0 radical (unpaired) electrons. The maximum atomic E-state index is 13.1. The highest BCUT2D eigenvalue weighted by molar-refractivity contribution is 7.99. The molecule has 1 aliphatic rings. The predicted molar refractivity (Wildman–Crippen MR) is 138 cm³/mol. The SMILES string of the molecule is COc1ccc(-c2nnc(SCC(=O)N3CCN(CC(C)O)C(C)C3)n2-c2ccc(C)cc2)cc1. The van der Waals surface area contributed by atoms with Gasteiger partial charge in [0.1, 0.15) is 5.75 Å². The third-order valence-corrected chi connectivity index (χ3v) is 7.13. The van der Waals surface area contributed by atoms with Gasteiger partial charge in [-0.15, -0.1) is 10.2 Å². The van der Waals surface area contributed by atoms with Gasteiger partial charge in [0.25, 0.3) is 0 Å². The van der Waals surface area contributed by atoms with Crippen LogP contribution in [0.1, 0.15) is 19.4 Å². The maximum absolute atomic E-state index is 13.1. The third kappa shape index (κ3) is 6.04. The molecule has 0 saturated carbocycles. The third-order valence-electron chi connectivity index (χ3n) is 6.22. The monoisotopic (exact) mass is 495 g/mol. The maximum Gasteiger partial charge on any atom is 0.233 e. The van der Waals surface area contributed by atoms with Crippen molar-refractivity contribution < 1.29 is 14.6 Å². The van der Waals surface area contributed by atoms with Crippen LogP contribution in [0, 0.1) is 6.92 Å². The largest absolute Gasteiger partial charge is 0.497 e. The lowest BCUT2D eigenvalue weighted by Crippen LogP contribution is -2.55. The minimum Gasteiger partial charge on any atom is -0.497 e. The van der Waals surface area contributed by atoms with E-state index in [1.165, 1.54) is 17.3 Å². The minimum atomic E-state index is -0.372. The van der Waals surface area contributed by atoms with E-state index in [1.807, 2.05) is 45.9 Å². The Morgan fingerprint density at radius 2 is 1.86 bits per heavy atom. The van der Waals surface area contributed by atoms with Gasteiger partial charge in [-0.3, -0.25) is 14.3 Å². The first-order chi connectivity index (χ1) is 16.9. The highest BCUT2D eigenvalue weighted by Crippen LogP contribution is 2.29. The van der Waals surface area contributed by atoms with Crippen LogP contribution in [0.5, 0.6) is 5.75 Å². The van der Waals surface area contributed by atoms with E-state index >= 15 is 0 Å². The van der Waals surface area contributed by atoms with Crippen molar-refractivity contribution in [1.82, 2.24) is 24.6 Å². The van der Waals surface area contributed by atoms with Crippen molar-refractivity contribution in [2.75, 3.05) is 39.0 Å². The van der Waals surface area contributed by atoms with E-state index in [9.17, 15) is 9.90 Å². The molecule has 9 heteroatoms. The number of benzene rings is 2. The van der Waals surface area contributed by atoms with Gasteiger partial charge in [-0.2, -0.15) is 0 Å². The fraction of sp³-hybridized carbons (Fsp3) is 0.423. The molecular weight excluding hydrogens is 462 g/mol. The summed E-state index contributed by atoms with van der Waals surface area (Å²) in [4.78, 5) is 17.2. The van der Waals surface area contributed by atoms with Crippen LogP contribution in [0.25, 0.3) is 17.1 Å². The number of aliphatic hydroxyl groups is 1. The summed E-state index contributed by atoms with van der Waals surface area (Å²) in [5.74, 6) is 1.86. The first-order valence-corrected chi connectivity index (χ1v) is 12.8. The molecule has 1 aliphatic heterocycles. The lowest BCUT2D eigenvalue weighted by atomic mass is 10.1. The van der Waals surface area contributed by atoms with Gasteiger partial charge >= 0.3 is 0 Å². The van der Waals surface area contributed by atoms with Crippen LogP contribution in [-0.4, -0.2) is 86.8 Å². The van der Waals surface area contributed by atoms with E-state index in [0.717, 1.165) is 23.5 Å². The number of hydrogen-bond acceptors (Lipinski definition) is 7. The van der Waals surface area contributed by atoms with Gasteiger partial charge in [-0.05, 0) is 57.2 Å². The molecule has 2 unspecified atom stereocenters. The van der Waals surface area contributed by atoms with Gasteiger partial charge in [0.05, 0.1) is 19.0 Å². The van der Waals surface area contributed by atoms with Gasteiger partial charge in [-0.1, -0.05) is 29.5 Å². The number of piperazine rings is 1. The van der Waals surface area contributed by atoms with Crippen molar-refractivity contribution in [3.8, 4) is 22.8 Å². The minimum absolute atomic E-state index is 0.0861. The molecule has 3 aromatic rings. The molecule has 1 aromatic heterocycles. The molecule has 2 aromatic carbocycles. The van der Waals surface area contributed by atoms with Crippen molar-refractivity contribution in [3.05, 3.63) is 54.1 Å². The first kappa shape index (κ1) is 25.2. The molecule has 35 heavy (non-hydrogen) atoms. The number of carbonyl (C=O) groups excluding carboxylic acids is 1. The number of aryl methyl sites for hydroxylation is 1. The lowest BCUT2D eigenvalue weighted by Gasteiger charge is -2.40. The Balaban J connectivity index is 1.52. The molecule has 0 aliphatic carbocycles. The predicted octanol–water partition coefficient (Wildman–Crippen LogP) is 3.26. The second-order valence-electron chi connectivity index (χ2n) is 9.03. The molecule has 4 rings (SSSR count). The number of carbonyl (C=O) groups is 1. The van der Waals surface area contributed by atoms with Crippen LogP contribution in [-0.2, 0) is 4.79 Å². The Labute approximate surface area is 210 Å². The van der Waals surface area contributed by atoms with Crippen LogP contribution in [0.3, 0.4) is 0 Å². The van der Waals surface area contributed by atoms with Gasteiger partial charge in [0, 0.05) is 43.5 Å². The molecule has 1 fully saturated rings. The topological polar surface area (TPSA) is 83.7 Å². The molecule has 8 nitrogen and oxygen atoms in total. The molecule has 2 atom stereocenters. The van der Waals surface area contributed by atoms with Crippen molar-refractivity contribution in [2.45, 2.75) is 38.1 Å². The zero-order chi connectivity index (χ0) is 24.9. The Hall–Kier alpha value is -2.88. The number of ether oxygens (including phenoxy) is 1. The molecule has 2 heterocycles. The number of aliphatic hydroxyl groups excluding tert-OH is 1. The van der Waals surface area contributed by atoms with Crippen LogP contribution < -0.4 is 4.74 Å². The smallest absolute Gasteiger partial charge is 0.233 e. The summed E-state index contributed by atoms with van der Waals surface area (Å²) in [6, 6.07) is 16.1. The Morgan fingerprint density at radius 3 is 2.49 bits per heavy atom. The summed E-state index contributed by atoms with van der Waals surface area (Å²) in [5, 5.41) is 19.3. The summed E-state index contributed by atoms with van der Waals surface area (Å²) in [5.41, 5.74) is 3.03. The number of thioether (sulfide) groups is 1. The van der Waals surface area contributed by atoms with Crippen molar-refractivity contribution in [3.63, 3.8) is 0 Å². The van der Waals surface area contributed by atoms with Crippen LogP contribution in [0.15, 0.2) is 53.7 Å². The van der Waals surface area contributed by atoms with Crippen LogP contribution in [0.2, 0.25) is 0 Å². The number of amides is 1. The zero-order valence-electron chi connectivity index (χ0n) is 20.7. The number of rotatable bonds is 8. The van der Waals surface area contributed by atoms with E-state index < -0.39 is 0 Å². The lowest BCUT2D eigenvalue weighted by molar-refractivity contribution is -0.131.